The van der Waals surface area contributed by atoms with E-state index in [1.54, 1.807) is 14.2 Å². The summed E-state index contributed by atoms with van der Waals surface area (Å²) in [6.45, 7) is 1.45. The second-order valence-electron chi connectivity index (χ2n) is 4.62. The van der Waals surface area contributed by atoms with Crippen molar-refractivity contribution in [3.63, 3.8) is 0 Å². The zero-order valence-corrected chi connectivity index (χ0v) is 12.5. The van der Waals surface area contributed by atoms with Crippen LogP contribution in [0.2, 0.25) is 0 Å². The first kappa shape index (κ1) is 14.0. The lowest BCUT2D eigenvalue weighted by Gasteiger charge is -2.19. The molecule has 0 spiro atoms. The van der Waals surface area contributed by atoms with Crippen LogP contribution in [0, 0.1) is 0 Å². The molecule has 18 heavy (non-hydrogen) atoms. The predicted octanol–water partition coefficient (Wildman–Crippen LogP) is 2.69. The van der Waals surface area contributed by atoms with Gasteiger partial charge in [-0.1, -0.05) is 28.1 Å². The topological polar surface area (TPSA) is 30.5 Å². The summed E-state index contributed by atoms with van der Waals surface area (Å²) in [5.41, 5.74) is 2.85. The molecule has 1 aliphatic carbocycles. The van der Waals surface area contributed by atoms with E-state index < -0.39 is 0 Å². The van der Waals surface area contributed by atoms with Gasteiger partial charge < -0.3 is 14.8 Å². The molecule has 0 saturated heterocycles. The summed E-state index contributed by atoms with van der Waals surface area (Å²) in [6.07, 6.45) is 2.41. The quantitative estimate of drug-likeness (QED) is 0.876. The second-order valence-corrected chi connectivity index (χ2v) is 5.47. The van der Waals surface area contributed by atoms with Gasteiger partial charge in [-0.3, -0.25) is 0 Å². The van der Waals surface area contributed by atoms with Crippen molar-refractivity contribution in [2.75, 3.05) is 27.4 Å². The maximum atomic E-state index is 5.37. The molecule has 100 valence electrons. The van der Waals surface area contributed by atoms with E-state index in [4.69, 9.17) is 9.47 Å². The normalized spacial score (nSPS) is 19.8. The average Bonchev–Trinajstić information content (AvgIpc) is 2.79. The fourth-order valence-electron chi connectivity index (χ4n) is 2.49. The number of rotatable bonds is 6. The summed E-state index contributed by atoms with van der Waals surface area (Å²) in [4.78, 5) is 0. The smallest absolute Gasteiger partial charge is 0.0928 e. The van der Waals surface area contributed by atoms with Crippen LogP contribution in [0.25, 0.3) is 0 Å². The molecule has 1 aromatic rings. The number of benzene rings is 1. The van der Waals surface area contributed by atoms with Gasteiger partial charge in [0.25, 0.3) is 0 Å². The third-order valence-electron chi connectivity index (χ3n) is 3.49. The molecule has 2 unspecified atom stereocenters. The number of fused-ring (bicyclic) bond motifs is 1. The van der Waals surface area contributed by atoms with Crippen LogP contribution in [0.4, 0.5) is 0 Å². The van der Waals surface area contributed by atoms with Gasteiger partial charge in [0.1, 0.15) is 0 Å². The first-order valence-electron chi connectivity index (χ1n) is 6.28. The SMILES string of the molecule is COCC(CNC1CCc2c(Br)cccc21)OC. The Morgan fingerprint density at radius 1 is 1.44 bits per heavy atom. The van der Waals surface area contributed by atoms with Crippen LogP contribution in [0.5, 0.6) is 0 Å². The highest BCUT2D eigenvalue weighted by Gasteiger charge is 2.24. The Morgan fingerprint density at radius 2 is 2.28 bits per heavy atom. The first-order chi connectivity index (χ1) is 8.76. The van der Waals surface area contributed by atoms with Crippen molar-refractivity contribution >= 4 is 15.9 Å². The van der Waals surface area contributed by atoms with Crippen LogP contribution < -0.4 is 5.32 Å². The third-order valence-corrected chi connectivity index (χ3v) is 4.23. The third kappa shape index (κ3) is 3.12. The van der Waals surface area contributed by atoms with Gasteiger partial charge in [-0.05, 0) is 30.0 Å². The molecule has 3 nitrogen and oxygen atoms in total. The second kappa shape index (κ2) is 6.66. The maximum absolute atomic E-state index is 5.37. The number of hydrogen-bond acceptors (Lipinski definition) is 3. The van der Waals surface area contributed by atoms with Gasteiger partial charge in [-0.15, -0.1) is 0 Å². The van der Waals surface area contributed by atoms with Crippen LogP contribution in [0.15, 0.2) is 22.7 Å². The van der Waals surface area contributed by atoms with Crippen LogP contribution in [-0.4, -0.2) is 33.5 Å². The van der Waals surface area contributed by atoms with Crippen LogP contribution in [0.3, 0.4) is 0 Å². The number of hydrogen-bond donors (Lipinski definition) is 1. The van der Waals surface area contributed by atoms with Gasteiger partial charge in [0.2, 0.25) is 0 Å². The van der Waals surface area contributed by atoms with E-state index in [1.165, 1.54) is 15.6 Å². The molecular weight excluding hydrogens is 294 g/mol. The lowest BCUT2D eigenvalue weighted by atomic mass is 10.1. The summed E-state index contributed by atoms with van der Waals surface area (Å²) in [5, 5.41) is 3.58. The number of methoxy groups -OCH3 is 2. The average molecular weight is 314 g/mol. The van der Waals surface area contributed by atoms with Crippen molar-refractivity contribution in [2.45, 2.75) is 25.0 Å². The molecule has 0 aromatic heterocycles. The minimum atomic E-state index is 0.117. The molecule has 1 aromatic carbocycles. The predicted molar refractivity (Wildman–Crippen MR) is 75.9 cm³/mol. The van der Waals surface area contributed by atoms with Crippen molar-refractivity contribution < 1.29 is 9.47 Å². The van der Waals surface area contributed by atoms with Crippen molar-refractivity contribution in [1.82, 2.24) is 5.32 Å². The zero-order valence-electron chi connectivity index (χ0n) is 10.9. The Balaban J connectivity index is 1.95. The van der Waals surface area contributed by atoms with E-state index >= 15 is 0 Å². The Kier molecular flexibility index (Phi) is 5.18. The van der Waals surface area contributed by atoms with Gasteiger partial charge in [0.05, 0.1) is 12.7 Å². The molecule has 0 fully saturated rings. The Labute approximate surface area is 117 Å². The first-order valence-corrected chi connectivity index (χ1v) is 7.08. The highest BCUT2D eigenvalue weighted by molar-refractivity contribution is 9.10. The minimum Gasteiger partial charge on any atom is -0.382 e. The molecule has 2 atom stereocenters. The monoisotopic (exact) mass is 313 g/mol. The highest BCUT2D eigenvalue weighted by atomic mass is 79.9. The van der Waals surface area contributed by atoms with Gasteiger partial charge in [-0.2, -0.15) is 0 Å². The molecule has 0 saturated carbocycles. The summed E-state index contributed by atoms with van der Waals surface area (Å²) < 4.78 is 11.7. The number of nitrogens with one attached hydrogen (secondary N) is 1. The molecule has 1 N–H and O–H groups in total. The standard InChI is InChI=1S/C14H20BrNO2/c1-17-9-10(18-2)8-16-14-7-6-11-12(14)4-3-5-13(11)15/h3-5,10,14,16H,6-9H2,1-2H3. The Bertz CT molecular complexity index is 397. The molecule has 0 aliphatic heterocycles. The fraction of sp³-hybridized carbons (Fsp3) is 0.571. The molecule has 4 heteroatoms. The summed E-state index contributed by atoms with van der Waals surface area (Å²) in [7, 11) is 3.43. The lowest BCUT2D eigenvalue weighted by Crippen LogP contribution is -2.33. The molecule has 0 amide bonds. The molecule has 1 aliphatic rings. The van der Waals surface area contributed by atoms with Crippen molar-refractivity contribution in [3.8, 4) is 0 Å². The van der Waals surface area contributed by atoms with Crippen LogP contribution in [-0.2, 0) is 15.9 Å². The summed E-state index contributed by atoms with van der Waals surface area (Å²) >= 11 is 3.62. The summed E-state index contributed by atoms with van der Waals surface area (Å²) in [5.74, 6) is 0. The van der Waals surface area contributed by atoms with E-state index in [0.717, 1.165) is 19.4 Å². The number of ether oxygens (including phenoxy) is 2. The van der Waals surface area contributed by atoms with Gasteiger partial charge in [0, 0.05) is 31.3 Å². The van der Waals surface area contributed by atoms with E-state index in [-0.39, 0.29) is 6.10 Å². The van der Waals surface area contributed by atoms with Crippen molar-refractivity contribution in [3.05, 3.63) is 33.8 Å². The van der Waals surface area contributed by atoms with Gasteiger partial charge >= 0.3 is 0 Å². The zero-order chi connectivity index (χ0) is 13.0. The maximum Gasteiger partial charge on any atom is 0.0928 e. The van der Waals surface area contributed by atoms with Crippen molar-refractivity contribution in [2.24, 2.45) is 0 Å². The molecule has 2 rings (SSSR count). The van der Waals surface area contributed by atoms with E-state index in [0.29, 0.717) is 12.6 Å². The van der Waals surface area contributed by atoms with Crippen molar-refractivity contribution in [1.29, 1.82) is 0 Å². The molecule has 0 bridgehead atoms. The van der Waals surface area contributed by atoms with Crippen LogP contribution in [0.1, 0.15) is 23.6 Å². The number of halogens is 1. The highest BCUT2D eigenvalue weighted by Crippen LogP contribution is 2.35. The van der Waals surface area contributed by atoms with E-state index in [1.807, 2.05) is 0 Å². The molecular formula is C14H20BrNO2. The Hall–Kier alpha value is -0.420. The fourth-order valence-corrected chi connectivity index (χ4v) is 3.07. The van der Waals surface area contributed by atoms with E-state index in [9.17, 15) is 0 Å². The minimum absolute atomic E-state index is 0.117. The van der Waals surface area contributed by atoms with Gasteiger partial charge in [0.15, 0.2) is 0 Å². The molecule has 0 heterocycles. The largest absolute Gasteiger partial charge is 0.382 e. The molecule has 0 radical (unpaired) electrons. The lowest BCUT2D eigenvalue weighted by molar-refractivity contribution is 0.0273. The van der Waals surface area contributed by atoms with E-state index in [2.05, 4.69) is 39.4 Å². The summed E-state index contributed by atoms with van der Waals surface area (Å²) in [6, 6.07) is 6.87. The van der Waals surface area contributed by atoms with Crippen LogP contribution >= 0.6 is 15.9 Å². The Morgan fingerprint density at radius 3 is 3.00 bits per heavy atom. The van der Waals surface area contributed by atoms with Gasteiger partial charge in [-0.25, -0.2) is 0 Å².